The topological polar surface area (TPSA) is 94.6 Å². The molecule has 3 aromatic rings. The monoisotopic (exact) mass is 446 g/mol. The highest BCUT2D eigenvalue weighted by Gasteiger charge is 2.20. The number of amides is 1. The van der Waals surface area contributed by atoms with Gasteiger partial charge in [-0.2, -0.15) is 0 Å². The molecule has 0 saturated carbocycles. The van der Waals surface area contributed by atoms with E-state index in [1.165, 1.54) is 35.6 Å². The molecule has 0 atom stereocenters. The third kappa shape index (κ3) is 4.47. The number of thiazole rings is 1. The summed E-state index contributed by atoms with van der Waals surface area (Å²) in [4.78, 5) is 17.2. The van der Waals surface area contributed by atoms with Gasteiger partial charge in [-0.25, -0.2) is 13.4 Å². The zero-order chi connectivity index (χ0) is 21.9. The Morgan fingerprint density at radius 1 is 1.07 bits per heavy atom. The number of benzene rings is 2. The number of aromatic nitrogens is 1. The van der Waals surface area contributed by atoms with E-state index < -0.39 is 15.1 Å². The zero-order valence-corrected chi connectivity index (χ0v) is 18.6. The normalized spacial score (nSPS) is 11.4. The second kappa shape index (κ2) is 8.85. The lowest BCUT2D eigenvalue weighted by atomic mass is 10.1. The minimum Gasteiger partial charge on any atom is -0.497 e. The number of carbonyl (C=O) groups is 1. The minimum atomic E-state index is -3.38. The summed E-state index contributed by atoms with van der Waals surface area (Å²) >= 11 is 1.28. The Balaban J connectivity index is 1.79. The van der Waals surface area contributed by atoms with Gasteiger partial charge in [-0.3, -0.25) is 10.1 Å². The molecule has 0 aliphatic rings. The van der Waals surface area contributed by atoms with E-state index >= 15 is 0 Å². The van der Waals surface area contributed by atoms with Crippen LogP contribution in [-0.4, -0.2) is 38.8 Å². The second-order valence-corrected chi connectivity index (χ2v) is 10.0. The number of hydrogen-bond donors (Lipinski definition) is 1. The first-order valence-corrected chi connectivity index (χ1v) is 11.5. The average Bonchev–Trinajstić information content (AvgIpc) is 3.21. The molecule has 158 valence electrons. The van der Waals surface area contributed by atoms with E-state index in [2.05, 4.69) is 10.3 Å². The highest BCUT2D eigenvalue weighted by molar-refractivity contribution is 7.92. The molecular formula is C21H22N2O5S2. The highest BCUT2D eigenvalue weighted by Crippen LogP contribution is 2.35. The fourth-order valence-electron chi connectivity index (χ4n) is 2.71. The summed E-state index contributed by atoms with van der Waals surface area (Å²) < 4.78 is 35.1. The lowest BCUT2D eigenvalue weighted by molar-refractivity contribution is 0.102. The van der Waals surface area contributed by atoms with Crippen LogP contribution in [0, 0.1) is 0 Å². The van der Waals surface area contributed by atoms with Gasteiger partial charge in [0.25, 0.3) is 5.91 Å². The maximum absolute atomic E-state index is 12.5. The largest absolute Gasteiger partial charge is 0.497 e. The molecule has 9 heteroatoms. The molecule has 1 N–H and O–H groups in total. The van der Waals surface area contributed by atoms with Gasteiger partial charge in [0, 0.05) is 16.5 Å². The number of hydrogen-bond acceptors (Lipinski definition) is 7. The molecule has 0 saturated heterocycles. The van der Waals surface area contributed by atoms with Crippen molar-refractivity contribution in [2.75, 3.05) is 19.5 Å². The summed E-state index contributed by atoms with van der Waals surface area (Å²) in [6.45, 7) is 3.24. The van der Waals surface area contributed by atoms with Crippen molar-refractivity contribution in [3.05, 3.63) is 53.4 Å². The Morgan fingerprint density at radius 2 is 1.77 bits per heavy atom. The van der Waals surface area contributed by atoms with E-state index in [-0.39, 0.29) is 10.8 Å². The van der Waals surface area contributed by atoms with E-state index in [9.17, 15) is 13.2 Å². The van der Waals surface area contributed by atoms with Gasteiger partial charge in [0.1, 0.15) is 11.5 Å². The maximum atomic E-state index is 12.5. The number of nitrogens with zero attached hydrogens (tertiary/aromatic N) is 1. The minimum absolute atomic E-state index is 0.190. The Hall–Kier alpha value is -2.91. The Kier molecular flexibility index (Phi) is 6.42. The van der Waals surface area contributed by atoms with Crippen molar-refractivity contribution in [2.45, 2.75) is 24.0 Å². The third-order valence-corrected chi connectivity index (χ3v) is 7.40. The maximum Gasteiger partial charge on any atom is 0.257 e. The first kappa shape index (κ1) is 21.8. The summed E-state index contributed by atoms with van der Waals surface area (Å²) in [6, 6.07) is 11.3. The zero-order valence-electron chi connectivity index (χ0n) is 17.0. The lowest BCUT2D eigenvalue weighted by Gasteiger charge is -2.09. The molecule has 1 amide bonds. The molecule has 2 aromatic carbocycles. The third-order valence-electron chi connectivity index (χ3n) is 4.47. The number of anilines is 1. The van der Waals surface area contributed by atoms with Gasteiger partial charge in [-0.05, 0) is 56.3 Å². The molecule has 0 aliphatic carbocycles. The molecule has 3 rings (SSSR count). The number of nitrogens with one attached hydrogen (secondary N) is 1. The van der Waals surface area contributed by atoms with Gasteiger partial charge in [0.05, 0.1) is 30.1 Å². The number of methoxy groups -OCH3 is 2. The molecule has 1 heterocycles. The van der Waals surface area contributed by atoms with Crippen molar-refractivity contribution < 1.29 is 22.7 Å². The SMILES string of the molecule is COc1ccc(OC)c(-c2csc(NC(=O)c3ccc(S(=O)(=O)C(C)C)cc3)n2)c1. The molecule has 1 aromatic heterocycles. The standard InChI is InChI=1S/C21H22N2O5S2/c1-13(2)30(25,26)16-8-5-14(6-9-16)20(24)23-21-22-18(12-29-21)17-11-15(27-3)7-10-19(17)28-4/h5-13H,1-4H3,(H,22,23,24). The van der Waals surface area contributed by atoms with Crippen LogP contribution >= 0.6 is 11.3 Å². The average molecular weight is 447 g/mol. The van der Waals surface area contributed by atoms with Crippen LogP contribution in [-0.2, 0) is 9.84 Å². The van der Waals surface area contributed by atoms with Crippen molar-refractivity contribution in [3.63, 3.8) is 0 Å². The van der Waals surface area contributed by atoms with Gasteiger partial charge in [-0.1, -0.05) is 0 Å². The quantitative estimate of drug-likeness (QED) is 0.583. The fourth-order valence-corrected chi connectivity index (χ4v) is 4.47. The van der Waals surface area contributed by atoms with E-state index in [1.807, 2.05) is 11.4 Å². The highest BCUT2D eigenvalue weighted by atomic mass is 32.2. The molecule has 0 bridgehead atoms. The van der Waals surface area contributed by atoms with Crippen LogP contribution in [0.4, 0.5) is 5.13 Å². The van der Waals surface area contributed by atoms with Gasteiger partial charge in [0.2, 0.25) is 0 Å². The van der Waals surface area contributed by atoms with E-state index in [1.54, 1.807) is 40.2 Å². The molecule has 30 heavy (non-hydrogen) atoms. The van der Waals surface area contributed by atoms with Crippen LogP contribution in [0.25, 0.3) is 11.3 Å². The van der Waals surface area contributed by atoms with E-state index in [0.717, 1.165) is 5.56 Å². The first-order valence-electron chi connectivity index (χ1n) is 9.09. The molecule has 0 spiro atoms. The summed E-state index contributed by atoms with van der Waals surface area (Å²) in [5.74, 6) is 0.934. The summed E-state index contributed by atoms with van der Waals surface area (Å²) in [6.07, 6.45) is 0. The fraction of sp³-hybridized carbons (Fsp3) is 0.238. The van der Waals surface area contributed by atoms with Crippen LogP contribution < -0.4 is 14.8 Å². The smallest absolute Gasteiger partial charge is 0.257 e. The summed E-state index contributed by atoms with van der Waals surface area (Å²) in [5, 5.41) is 4.44. The lowest BCUT2D eigenvalue weighted by Crippen LogP contribution is -2.15. The van der Waals surface area contributed by atoms with Gasteiger partial charge >= 0.3 is 0 Å². The molecule has 0 radical (unpaired) electrons. The molecule has 0 unspecified atom stereocenters. The first-order chi connectivity index (χ1) is 14.3. The number of sulfone groups is 1. The predicted molar refractivity (Wildman–Crippen MR) is 117 cm³/mol. The number of ether oxygens (including phenoxy) is 2. The van der Waals surface area contributed by atoms with Crippen molar-refractivity contribution in [3.8, 4) is 22.8 Å². The van der Waals surface area contributed by atoms with Gasteiger partial charge in [-0.15, -0.1) is 11.3 Å². The molecular weight excluding hydrogens is 424 g/mol. The molecule has 7 nitrogen and oxygen atoms in total. The Morgan fingerprint density at radius 3 is 2.37 bits per heavy atom. The molecule has 0 aliphatic heterocycles. The predicted octanol–water partition coefficient (Wildman–Crippen LogP) is 4.26. The van der Waals surface area contributed by atoms with Crippen molar-refractivity contribution in [1.29, 1.82) is 0 Å². The van der Waals surface area contributed by atoms with Crippen molar-refractivity contribution in [1.82, 2.24) is 4.98 Å². The van der Waals surface area contributed by atoms with Crippen LogP contribution in [0.15, 0.2) is 52.7 Å². The van der Waals surface area contributed by atoms with Crippen LogP contribution in [0.1, 0.15) is 24.2 Å². The van der Waals surface area contributed by atoms with Gasteiger partial charge < -0.3 is 9.47 Å². The van der Waals surface area contributed by atoms with Crippen LogP contribution in [0.2, 0.25) is 0 Å². The van der Waals surface area contributed by atoms with Crippen LogP contribution in [0.3, 0.4) is 0 Å². The van der Waals surface area contributed by atoms with Gasteiger partial charge in [0.15, 0.2) is 15.0 Å². The number of rotatable bonds is 7. The Bertz CT molecular complexity index is 1150. The molecule has 0 fully saturated rings. The van der Waals surface area contributed by atoms with E-state index in [0.29, 0.717) is 27.9 Å². The summed E-state index contributed by atoms with van der Waals surface area (Å²) in [7, 11) is -0.230. The van der Waals surface area contributed by atoms with Crippen molar-refractivity contribution >= 4 is 32.2 Å². The van der Waals surface area contributed by atoms with Crippen LogP contribution in [0.5, 0.6) is 11.5 Å². The summed E-state index contributed by atoms with van der Waals surface area (Å²) in [5.41, 5.74) is 1.73. The number of carbonyl (C=O) groups excluding carboxylic acids is 1. The Labute approximate surface area is 179 Å². The second-order valence-electron chi connectivity index (χ2n) is 6.68. The van der Waals surface area contributed by atoms with E-state index in [4.69, 9.17) is 9.47 Å². The van der Waals surface area contributed by atoms with Crippen molar-refractivity contribution in [2.24, 2.45) is 0 Å².